The van der Waals surface area contributed by atoms with Gasteiger partial charge in [-0.25, -0.2) is 0 Å². The molecule has 2 aliphatic carbocycles. The average molecular weight is 830 g/mol. The van der Waals surface area contributed by atoms with E-state index in [4.69, 9.17) is 0 Å². The van der Waals surface area contributed by atoms with Gasteiger partial charge in [-0.05, 0) is 119 Å². The van der Waals surface area contributed by atoms with E-state index in [0.29, 0.717) is 0 Å². The van der Waals surface area contributed by atoms with Crippen molar-refractivity contribution in [3.63, 3.8) is 0 Å². The zero-order chi connectivity index (χ0) is 42.3. The van der Waals surface area contributed by atoms with Crippen LogP contribution >= 0.6 is 0 Å². The Kier molecular flexibility index (Phi) is 5.50. The van der Waals surface area contributed by atoms with Crippen LogP contribution in [0.3, 0.4) is 0 Å². The van der Waals surface area contributed by atoms with Crippen LogP contribution in [-0.4, -0.2) is 20.4 Å². The van der Waals surface area contributed by atoms with E-state index in [1.165, 1.54) is 165 Å². The minimum absolute atomic E-state index is 0.0138. The third kappa shape index (κ3) is 3.53. The molecule has 0 atom stereocenters. The molecule has 0 fully saturated rings. The highest BCUT2D eigenvalue weighted by Gasteiger charge is 2.44. The van der Waals surface area contributed by atoms with Crippen molar-refractivity contribution in [2.24, 2.45) is 0 Å². The van der Waals surface area contributed by atoms with Crippen molar-refractivity contribution >= 4 is 110 Å². The molecule has 66 heavy (non-hydrogen) atoms. The monoisotopic (exact) mass is 829 g/mol. The fraction of sp³-hybridized carbons (Fsp3) is 0. The van der Waals surface area contributed by atoms with Crippen LogP contribution in [0.5, 0.6) is 0 Å². The Hall–Kier alpha value is -8.60. The third-order valence-electron chi connectivity index (χ3n) is 16.2. The van der Waals surface area contributed by atoms with Crippen molar-refractivity contribution in [1.29, 1.82) is 0 Å². The van der Waals surface area contributed by atoms with E-state index in [-0.39, 0.29) is 6.71 Å². The van der Waals surface area contributed by atoms with Crippen molar-refractivity contribution in [2.75, 3.05) is 0 Å². The summed E-state index contributed by atoms with van der Waals surface area (Å²) < 4.78 is 7.89. The minimum Gasteiger partial charge on any atom is -0.310 e. The summed E-state index contributed by atoms with van der Waals surface area (Å²) in [5.41, 5.74) is 25.8. The quantitative estimate of drug-likeness (QED) is 0.146. The predicted octanol–water partition coefficient (Wildman–Crippen LogP) is 13.7. The zero-order valence-corrected chi connectivity index (χ0v) is 35.4. The van der Waals surface area contributed by atoms with Crippen molar-refractivity contribution in [3.05, 3.63) is 194 Å². The maximum absolute atomic E-state index is 2.68. The lowest BCUT2D eigenvalue weighted by Gasteiger charge is -2.35. The Morgan fingerprint density at radius 1 is 0.288 bits per heavy atom. The van der Waals surface area contributed by atoms with Gasteiger partial charge in [0.1, 0.15) is 0 Å². The molecule has 11 aromatic carbocycles. The number of para-hydroxylation sites is 2. The standard InChI is InChI=1S/C62H32BN3/c1-3-17-38-36(15-1)42-21-9-13-33-29-46-61-58(54(33)42)56-44(38)23-11-27-50(56)65(61)52-31-35(64-48-25-7-5-19-40(48)41-20-6-8-26-49(41)64)32-53-60(52)63(46)47-30-34-14-10-22-43-37-16-2-4-18-39(37)45-24-12-28-51-57(45)59(55(34)43)62(47)66(51)53/h1-32H. The molecule has 0 unspecified atom stereocenters. The summed E-state index contributed by atoms with van der Waals surface area (Å²) in [5, 5.41) is 13.3. The summed E-state index contributed by atoms with van der Waals surface area (Å²) >= 11 is 0. The lowest BCUT2D eigenvalue weighted by molar-refractivity contribution is 1.10. The number of nitrogens with zero attached hydrogens (tertiary/aromatic N) is 3. The number of aromatic nitrogens is 3. The lowest BCUT2D eigenvalue weighted by atomic mass is 9.34. The van der Waals surface area contributed by atoms with Crippen LogP contribution in [0.25, 0.3) is 149 Å². The molecule has 0 amide bonds. The van der Waals surface area contributed by atoms with Crippen LogP contribution < -0.4 is 16.4 Å². The number of hydrogen-bond acceptors (Lipinski definition) is 0. The molecule has 3 nitrogen and oxygen atoms in total. The van der Waals surface area contributed by atoms with Gasteiger partial charge in [0.05, 0.1) is 38.8 Å². The average Bonchev–Trinajstić information content (AvgIpc) is 3.97. The molecule has 0 N–H and O–H groups in total. The molecule has 0 spiro atoms. The van der Waals surface area contributed by atoms with Crippen molar-refractivity contribution in [1.82, 2.24) is 13.7 Å². The summed E-state index contributed by atoms with van der Waals surface area (Å²) in [5.74, 6) is 0. The first-order chi connectivity index (χ1) is 32.8. The van der Waals surface area contributed by atoms with Gasteiger partial charge in [0.2, 0.25) is 0 Å². The van der Waals surface area contributed by atoms with Gasteiger partial charge in [0, 0.05) is 43.7 Å². The minimum atomic E-state index is -0.0138. The Bertz CT molecular complexity index is 4420. The number of rotatable bonds is 1. The second-order valence-electron chi connectivity index (χ2n) is 19.0. The van der Waals surface area contributed by atoms with E-state index in [2.05, 4.69) is 208 Å². The molecule has 0 radical (unpaired) electrons. The van der Waals surface area contributed by atoms with E-state index < -0.39 is 0 Å². The van der Waals surface area contributed by atoms with Crippen LogP contribution in [0.2, 0.25) is 0 Å². The first-order valence-corrected chi connectivity index (χ1v) is 23.2. The Morgan fingerprint density at radius 3 is 1.14 bits per heavy atom. The highest BCUT2D eigenvalue weighted by atomic mass is 15.1. The highest BCUT2D eigenvalue weighted by Crippen LogP contribution is 2.53. The van der Waals surface area contributed by atoms with Crippen LogP contribution in [0.15, 0.2) is 194 Å². The predicted molar refractivity (Wildman–Crippen MR) is 278 cm³/mol. The second kappa shape index (κ2) is 11.0. The lowest BCUT2D eigenvalue weighted by Crippen LogP contribution is -2.59. The van der Waals surface area contributed by atoms with Crippen LogP contribution in [0.1, 0.15) is 0 Å². The first kappa shape index (κ1) is 33.0. The van der Waals surface area contributed by atoms with Crippen molar-refractivity contribution in [2.45, 2.75) is 0 Å². The van der Waals surface area contributed by atoms with Gasteiger partial charge in [-0.1, -0.05) is 158 Å². The fourth-order valence-electron chi connectivity index (χ4n) is 14.0. The van der Waals surface area contributed by atoms with E-state index in [1.807, 2.05) is 0 Å². The smallest absolute Gasteiger partial charge is 0.252 e. The summed E-state index contributed by atoms with van der Waals surface area (Å²) in [7, 11) is 0. The molecule has 3 aromatic heterocycles. The van der Waals surface area contributed by atoms with E-state index in [9.17, 15) is 0 Å². The van der Waals surface area contributed by atoms with Gasteiger partial charge in [0.25, 0.3) is 6.71 Å². The second-order valence-corrected chi connectivity index (χ2v) is 19.0. The number of fused-ring (bicyclic) bond motifs is 15. The van der Waals surface area contributed by atoms with Crippen molar-refractivity contribution < 1.29 is 0 Å². The molecule has 298 valence electrons. The van der Waals surface area contributed by atoms with Gasteiger partial charge < -0.3 is 13.7 Å². The molecule has 4 heteroatoms. The molecule has 4 aliphatic rings. The largest absolute Gasteiger partial charge is 0.310 e. The molecule has 0 bridgehead atoms. The third-order valence-corrected chi connectivity index (χ3v) is 16.2. The maximum Gasteiger partial charge on any atom is 0.252 e. The number of hydrogen-bond donors (Lipinski definition) is 0. The van der Waals surface area contributed by atoms with Crippen LogP contribution in [0.4, 0.5) is 0 Å². The Labute approximate surface area is 377 Å². The molecule has 0 saturated heterocycles. The molecule has 5 heterocycles. The Morgan fingerprint density at radius 2 is 0.667 bits per heavy atom. The molecule has 2 aliphatic heterocycles. The molecule has 18 rings (SSSR count). The van der Waals surface area contributed by atoms with Gasteiger partial charge in [-0.3, -0.25) is 0 Å². The van der Waals surface area contributed by atoms with Crippen molar-refractivity contribution in [3.8, 4) is 61.6 Å². The molecular weight excluding hydrogens is 798 g/mol. The van der Waals surface area contributed by atoms with Gasteiger partial charge in [-0.15, -0.1) is 0 Å². The fourth-order valence-corrected chi connectivity index (χ4v) is 14.0. The van der Waals surface area contributed by atoms with Gasteiger partial charge in [-0.2, -0.15) is 0 Å². The summed E-state index contributed by atoms with van der Waals surface area (Å²) in [6, 6.07) is 74.3. The summed E-state index contributed by atoms with van der Waals surface area (Å²) in [6.45, 7) is -0.0138. The molecule has 0 saturated carbocycles. The van der Waals surface area contributed by atoms with E-state index in [0.717, 1.165) is 0 Å². The topological polar surface area (TPSA) is 14.8 Å². The van der Waals surface area contributed by atoms with Crippen LogP contribution in [-0.2, 0) is 0 Å². The summed E-state index contributed by atoms with van der Waals surface area (Å²) in [6.07, 6.45) is 0. The normalized spacial score (nSPS) is 13.4. The van der Waals surface area contributed by atoms with E-state index >= 15 is 0 Å². The Balaban J connectivity index is 1.11. The molecular formula is C62H32BN3. The zero-order valence-electron chi connectivity index (χ0n) is 35.4. The first-order valence-electron chi connectivity index (χ1n) is 23.2. The van der Waals surface area contributed by atoms with Gasteiger partial charge >= 0.3 is 0 Å². The number of benzene rings is 11. The van der Waals surface area contributed by atoms with Gasteiger partial charge in [0.15, 0.2) is 0 Å². The highest BCUT2D eigenvalue weighted by molar-refractivity contribution is 7.00. The van der Waals surface area contributed by atoms with Crippen LogP contribution in [0, 0.1) is 0 Å². The SMILES string of the molecule is c1ccc2c(c1)-c1cccc3cc4c5c(c13)c1c-2cccc1n5-c1cc(-n2c3ccccc3c3ccccc32)cc2c1B4c1cc3cccc4c3c3c5c(cccc5n-2c13)-c1ccccc1-4. The molecule has 14 aromatic rings. The van der Waals surface area contributed by atoms with E-state index in [1.54, 1.807) is 0 Å². The maximum atomic E-state index is 2.68. The summed E-state index contributed by atoms with van der Waals surface area (Å²) in [4.78, 5) is 0.